The van der Waals surface area contributed by atoms with Crippen molar-refractivity contribution in [2.24, 2.45) is 23.3 Å². The van der Waals surface area contributed by atoms with Gasteiger partial charge in [-0.1, -0.05) is 0 Å². The number of hydrogen-bond donors (Lipinski definition) is 4. The fourth-order valence-electron chi connectivity index (χ4n) is 3.32. The van der Waals surface area contributed by atoms with Crippen molar-refractivity contribution in [2.75, 3.05) is 0 Å². The summed E-state index contributed by atoms with van der Waals surface area (Å²) in [6.07, 6.45) is 12.0. The van der Waals surface area contributed by atoms with Crippen LogP contribution in [0.4, 0.5) is 0 Å². The van der Waals surface area contributed by atoms with Crippen LogP contribution in [0, 0.1) is 11.8 Å². The Morgan fingerprint density at radius 1 is 0.588 bits per heavy atom. The molecule has 4 heteroatoms. The van der Waals surface area contributed by atoms with Crippen molar-refractivity contribution in [3.8, 4) is 0 Å². The van der Waals surface area contributed by atoms with Crippen LogP contribution in [0.1, 0.15) is 57.8 Å². The number of rotatable bonds is 2. The summed E-state index contributed by atoms with van der Waals surface area (Å²) in [5, 5.41) is 0. The highest BCUT2D eigenvalue weighted by Gasteiger charge is 2.24. The van der Waals surface area contributed by atoms with Gasteiger partial charge in [0.2, 0.25) is 0 Å². The fraction of sp³-hybridized carbons (Fsp3) is 1.00. The Hall–Kier alpha value is -0.160. The molecule has 0 atom stereocenters. The molecule has 2 saturated carbocycles. The van der Waals surface area contributed by atoms with Crippen molar-refractivity contribution < 1.29 is 0 Å². The lowest BCUT2D eigenvalue weighted by Gasteiger charge is -2.32. The molecule has 0 saturated heterocycles. The minimum absolute atomic E-state index is 0. The zero-order valence-electron chi connectivity index (χ0n) is 11.2. The molecular formula is C13H32N4. The molecule has 0 bridgehead atoms. The van der Waals surface area contributed by atoms with Crippen LogP contribution < -0.4 is 23.8 Å². The van der Waals surface area contributed by atoms with E-state index in [2.05, 4.69) is 0 Å². The summed E-state index contributed by atoms with van der Waals surface area (Å²) in [6, 6.07) is 1.00. The van der Waals surface area contributed by atoms with E-state index in [1.807, 2.05) is 0 Å². The van der Waals surface area contributed by atoms with Gasteiger partial charge in [0.15, 0.2) is 0 Å². The standard InChI is InChI=1S/C13H26N2.2H3N/c14-12-5-1-10(2-6-12)9-11-3-7-13(15)8-4-11;;/h10-13H,1-9,14-15H2;2*1H3. The van der Waals surface area contributed by atoms with Gasteiger partial charge in [0.05, 0.1) is 0 Å². The third-order valence-corrected chi connectivity index (χ3v) is 4.45. The van der Waals surface area contributed by atoms with Crippen LogP contribution in [-0.4, -0.2) is 12.1 Å². The van der Waals surface area contributed by atoms with E-state index in [0.29, 0.717) is 12.1 Å². The SMILES string of the molecule is N.N.NC1CCC(CC2CCC(N)CC2)CC1. The lowest BCUT2D eigenvalue weighted by atomic mass is 9.76. The van der Waals surface area contributed by atoms with E-state index in [9.17, 15) is 0 Å². The normalized spacial score (nSPS) is 37.8. The van der Waals surface area contributed by atoms with Gasteiger partial charge >= 0.3 is 0 Å². The molecule has 0 spiro atoms. The Morgan fingerprint density at radius 3 is 1.18 bits per heavy atom. The molecule has 10 N–H and O–H groups in total. The number of hydrogen-bond acceptors (Lipinski definition) is 4. The predicted octanol–water partition coefficient (Wildman–Crippen LogP) is 2.74. The molecule has 0 aromatic heterocycles. The molecule has 104 valence electrons. The predicted molar refractivity (Wildman–Crippen MR) is 74.5 cm³/mol. The Kier molecular flexibility index (Phi) is 7.96. The summed E-state index contributed by atoms with van der Waals surface area (Å²) >= 11 is 0. The summed E-state index contributed by atoms with van der Waals surface area (Å²) < 4.78 is 0. The molecule has 0 amide bonds. The van der Waals surface area contributed by atoms with Crippen molar-refractivity contribution in [1.82, 2.24) is 12.3 Å². The summed E-state index contributed by atoms with van der Waals surface area (Å²) in [6.45, 7) is 0. The fourth-order valence-corrected chi connectivity index (χ4v) is 3.32. The van der Waals surface area contributed by atoms with Gasteiger partial charge in [-0.25, -0.2) is 0 Å². The Labute approximate surface area is 106 Å². The van der Waals surface area contributed by atoms with Crippen LogP contribution >= 0.6 is 0 Å². The third-order valence-electron chi connectivity index (χ3n) is 4.45. The maximum absolute atomic E-state index is 5.93. The molecule has 2 aliphatic rings. The molecular weight excluding hydrogens is 212 g/mol. The zero-order valence-corrected chi connectivity index (χ0v) is 11.2. The molecule has 2 aliphatic carbocycles. The molecule has 4 nitrogen and oxygen atoms in total. The molecule has 0 aliphatic heterocycles. The van der Waals surface area contributed by atoms with Crippen molar-refractivity contribution in [3.63, 3.8) is 0 Å². The van der Waals surface area contributed by atoms with Crippen LogP contribution in [0.2, 0.25) is 0 Å². The van der Waals surface area contributed by atoms with Crippen molar-refractivity contribution in [1.29, 1.82) is 0 Å². The molecule has 0 aromatic carbocycles. The summed E-state index contributed by atoms with van der Waals surface area (Å²) in [5.41, 5.74) is 11.9. The number of nitrogens with two attached hydrogens (primary N) is 2. The Bertz CT molecular complexity index is 162. The van der Waals surface area contributed by atoms with E-state index in [0.717, 1.165) is 11.8 Å². The molecule has 0 unspecified atom stereocenters. The van der Waals surface area contributed by atoms with Gasteiger partial charge in [0.25, 0.3) is 0 Å². The second-order valence-corrected chi connectivity index (χ2v) is 5.80. The second kappa shape index (κ2) is 8.03. The van der Waals surface area contributed by atoms with E-state index in [1.54, 1.807) is 0 Å². The minimum Gasteiger partial charge on any atom is -0.344 e. The van der Waals surface area contributed by atoms with Crippen LogP contribution in [0.15, 0.2) is 0 Å². The molecule has 0 radical (unpaired) electrons. The largest absolute Gasteiger partial charge is 0.344 e. The van der Waals surface area contributed by atoms with E-state index >= 15 is 0 Å². The van der Waals surface area contributed by atoms with Crippen molar-refractivity contribution in [3.05, 3.63) is 0 Å². The molecule has 0 heterocycles. The topological polar surface area (TPSA) is 122 Å². The van der Waals surface area contributed by atoms with E-state index < -0.39 is 0 Å². The highest BCUT2D eigenvalue weighted by Crippen LogP contribution is 2.34. The maximum atomic E-state index is 5.93. The van der Waals surface area contributed by atoms with Gasteiger partial charge < -0.3 is 23.8 Å². The van der Waals surface area contributed by atoms with Crippen molar-refractivity contribution in [2.45, 2.75) is 69.9 Å². The first-order chi connectivity index (χ1) is 7.24. The maximum Gasteiger partial charge on any atom is 0.00390 e. The van der Waals surface area contributed by atoms with Crippen LogP contribution in [0.3, 0.4) is 0 Å². The highest BCUT2D eigenvalue weighted by molar-refractivity contribution is 4.80. The quantitative estimate of drug-likeness (QED) is 0.596. The average Bonchev–Trinajstić information content (AvgIpc) is 2.25. The van der Waals surface area contributed by atoms with Gasteiger partial charge in [-0.3, -0.25) is 0 Å². The Morgan fingerprint density at radius 2 is 0.882 bits per heavy atom. The van der Waals surface area contributed by atoms with Gasteiger partial charge in [0, 0.05) is 12.1 Å². The first-order valence-electron chi connectivity index (χ1n) is 6.75. The second-order valence-electron chi connectivity index (χ2n) is 5.80. The van der Waals surface area contributed by atoms with Crippen LogP contribution in [0.5, 0.6) is 0 Å². The molecule has 2 fully saturated rings. The lowest BCUT2D eigenvalue weighted by molar-refractivity contribution is 0.225. The smallest absolute Gasteiger partial charge is 0.00390 e. The van der Waals surface area contributed by atoms with Gasteiger partial charge in [-0.2, -0.15) is 0 Å². The first kappa shape index (κ1) is 16.8. The molecule has 2 rings (SSSR count). The summed E-state index contributed by atoms with van der Waals surface area (Å²) in [4.78, 5) is 0. The molecule has 17 heavy (non-hydrogen) atoms. The zero-order chi connectivity index (χ0) is 10.7. The van der Waals surface area contributed by atoms with E-state index in [1.165, 1.54) is 57.8 Å². The van der Waals surface area contributed by atoms with Gasteiger partial charge in [0.1, 0.15) is 0 Å². The van der Waals surface area contributed by atoms with Gasteiger partial charge in [-0.05, 0) is 69.6 Å². The Balaban J connectivity index is 0.00000128. The monoisotopic (exact) mass is 244 g/mol. The first-order valence-corrected chi connectivity index (χ1v) is 6.75. The van der Waals surface area contributed by atoms with E-state index in [-0.39, 0.29) is 12.3 Å². The average molecular weight is 244 g/mol. The van der Waals surface area contributed by atoms with Crippen LogP contribution in [0.25, 0.3) is 0 Å². The van der Waals surface area contributed by atoms with Crippen molar-refractivity contribution >= 4 is 0 Å². The summed E-state index contributed by atoms with van der Waals surface area (Å²) in [7, 11) is 0. The summed E-state index contributed by atoms with van der Waals surface area (Å²) in [5.74, 6) is 1.95. The lowest BCUT2D eigenvalue weighted by Crippen LogP contribution is -2.30. The van der Waals surface area contributed by atoms with Gasteiger partial charge in [-0.15, -0.1) is 0 Å². The highest BCUT2D eigenvalue weighted by atomic mass is 14.6. The third kappa shape index (κ3) is 5.34. The minimum atomic E-state index is 0. The van der Waals surface area contributed by atoms with E-state index in [4.69, 9.17) is 11.5 Å². The molecule has 0 aromatic rings. The van der Waals surface area contributed by atoms with Crippen LogP contribution in [-0.2, 0) is 0 Å².